The van der Waals surface area contributed by atoms with Crippen LogP contribution >= 0.6 is 0 Å². The van der Waals surface area contributed by atoms with E-state index in [-0.39, 0.29) is 6.42 Å². The normalized spacial score (nSPS) is 11.8. The molecular weight excluding hydrogens is 472 g/mol. The molecule has 0 saturated carbocycles. The number of esters is 1. The summed E-state index contributed by atoms with van der Waals surface area (Å²) in [7, 11) is 2.51. The topological polar surface area (TPSA) is 99.4 Å². The second kappa shape index (κ2) is 9.95. The number of carbonyl (C=O) groups is 2. The molecule has 8 nitrogen and oxygen atoms in total. The minimum absolute atomic E-state index is 0.0581. The Morgan fingerprint density at radius 3 is 2.28 bits per heavy atom. The quantitative estimate of drug-likeness (QED) is 0.416. The van der Waals surface area contributed by atoms with E-state index in [0.29, 0.717) is 22.0 Å². The molecule has 4 aromatic rings. The van der Waals surface area contributed by atoms with Crippen LogP contribution in [0.2, 0.25) is 0 Å². The molecular formula is C26H21F2N3O5. The molecule has 0 saturated heterocycles. The van der Waals surface area contributed by atoms with Crippen molar-refractivity contribution in [1.29, 1.82) is 0 Å². The van der Waals surface area contributed by atoms with Gasteiger partial charge in [-0.1, -0.05) is 36.4 Å². The molecule has 0 bridgehead atoms. The number of amides is 1. The van der Waals surface area contributed by atoms with E-state index in [1.54, 1.807) is 36.4 Å². The van der Waals surface area contributed by atoms with Gasteiger partial charge in [0.25, 0.3) is 11.5 Å². The van der Waals surface area contributed by atoms with Gasteiger partial charge in [-0.15, -0.1) is 0 Å². The first-order valence-corrected chi connectivity index (χ1v) is 10.8. The average molecular weight is 493 g/mol. The van der Waals surface area contributed by atoms with Gasteiger partial charge in [0.1, 0.15) is 23.2 Å². The van der Waals surface area contributed by atoms with Crippen LogP contribution < -0.4 is 16.6 Å². The summed E-state index contributed by atoms with van der Waals surface area (Å²) in [6.07, 6.45) is 1.32. The summed E-state index contributed by atoms with van der Waals surface area (Å²) in [4.78, 5) is 49.6. The summed E-state index contributed by atoms with van der Waals surface area (Å²) >= 11 is 0. The maximum absolute atomic E-state index is 14.1. The number of hydrogen-bond donors (Lipinski definition) is 1. The van der Waals surface area contributed by atoms with Crippen molar-refractivity contribution < 1.29 is 23.1 Å². The molecule has 0 aliphatic heterocycles. The van der Waals surface area contributed by atoms with E-state index in [2.05, 4.69) is 5.32 Å². The first kappa shape index (κ1) is 24.5. The molecule has 3 aromatic carbocycles. The number of nitrogens with one attached hydrogen (secondary N) is 1. The maximum atomic E-state index is 14.1. The van der Waals surface area contributed by atoms with Crippen molar-refractivity contribution in [3.05, 3.63) is 110 Å². The molecule has 0 fully saturated rings. The highest BCUT2D eigenvalue weighted by molar-refractivity contribution is 5.98. The molecule has 1 atom stereocenters. The summed E-state index contributed by atoms with van der Waals surface area (Å²) < 4.78 is 35.3. The van der Waals surface area contributed by atoms with Crippen molar-refractivity contribution in [1.82, 2.24) is 14.5 Å². The third-order valence-corrected chi connectivity index (χ3v) is 5.84. The van der Waals surface area contributed by atoms with E-state index in [0.717, 1.165) is 29.9 Å². The Labute approximate surface area is 203 Å². The molecule has 0 unspecified atom stereocenters. The Morgan fingerprint density at radius 1 is 0.944 bits per heavy atom. The summed E-state index contributed by atoms with van der Waals surface area (Å²) in [6.45, 7) is 0. The molecule has 0 spiro atoms. The van der Waals surface area contributed by atoms with E-state index in [9.17, 15) is 28.0 Å². The van der Waals surface area contributed by atoms with Crippen molar-refractivity contribution in [2.45, 2.75) is 12.5 Å². The second-order valence-corrected chi connectivity index (χ2v) is 8.00. The number of rotatable bonds is 6. The van der Waals surface area contributed by atoms with Crippen LogP contribution in [-0.4, -0.2) is 34.2 Å². The van der Waals surface area contributed by atoms with Gasteiger partial charge in [-0.3, -0.25) is 18.7 Å². The number of hydrogen-bond acceptors (Lipinski definition) is 5. The molecule has 36 heavy (non-hydrogen) atoms. The molecule has 4 rings (SSSR count). The molecule has 1 N–H and O–H groups in total. The van der Waals surface area contributed by atoms with Gasteiger partial charge < -0.3 is 10.1 Å². The van der Waals surface area contributed by atoms with Gasteiger partial charge in [-0.05, 0) is 29.1 Å². The fourth-order valence-corrected chi connectivity index (χ4v) is 4.00. The van der Waals surface area contributed by atoms with Gasteiger partial charge in [-0.2, -0.15) is 0 Å². The fraction of sp³-hybridized carbons (Fsp3) is 0.154. The van der Waals surface area contributed by atoms with Gasteiger partial charge in [0.05, 0.1) is 12.8 Å². The monoisotopic (exact) mass is 493 g/mol. The van der Waals surface area contributed by atoms with Crippen molar-refractivity contribution in [2.24, 2.45) is 7.05 Å². The van der Waals surface area contributed by atoms with Crippen LogP contribution in [0.4, 0.5) is 8.78 Å². The zero-order valence-electron chi connectivity index (χ0n) is 19.3. The molecule has 184 valence electrons. The first-order valence-electron chi connectivity index (χ1n) is 10.8. The number of fused-ring (bicyclic) bond motifs is 1. The second-order valence-electron chi connectivity index (χ2n) is 8.00. The lowest BCUT2D eigenvalue weighted by Gasteiger charge is -2.19. The van der Waals surface area contributed by atoms with E-state index >= 15 is 0 Å². The number of aromatic nitrogens is 2. The largest absolute Gasteiger partial charge is 0.467 e. The third-order valence-electron chi connectivity index (χ3n) is 5.84. The van der Waals surface area contributed by atoms with Gasteiger partial charge in [-0.25, -0.2) is 18.4 Å². The number of methoxy groups -OCH3 is 1. The lowest BCUT2D eigenvalue weighted by atomic mass is 9.97. The Hall–Kier alpha value is -4.60. The van der Waals surface area contributed by atoms with E-state index < -0.39 is 46.4 Å². The van der Waals surface area contributed by atoms with Crippen molar-refractivity contribution in [3.63, 3.8) is 0 Å². The Kier molecular flexibility index (Phi) is 6.77. The van der Waals surface area contributed by atoms with Crippen LogP contribution in [0.5, 0.6) is 0 Å². The molecule has 1 aromatic heterocycles. The van der Waals surface area contributed by atoms with Crippen molar-refractivity contribution in [2.75, 3.05) is 7.11 Å². The molecule has 0 radical (unpaired) electrons. The fourth-order valence-electron chi connectivity index (χ4n) is 4.00. The Bertz CT molecular complexity index is 1590. The molecule has 0 aliphatic carbocycles. The van der Waals surface area contributed by atoms with E-state index in [1.807, 2.05) is 0 Å². The van der Waals surface area contributed by atoms with Crippen LogP contribution in [-0.2, 0) is 23.0 Å². The van der Waals surface area contributed by atoms with Crippen LogP contribution in [0.15, 0.2) is 76.4 Å². The minimum Gasteiger partial charge on any atom is -0.467 e. The number of carbonyl (C=O) groups excluding carboxylic acids is 2. The minimum atomic E-state index is -1.25. The van der Waals surface area contributed by atoms with E-state index in [4.69, 9.17) is 4.74 Å². The average Bonchev–Trinajstić information content (AvgIpc) is 2.86. The summed E-state index contributed by atoms with van der Waals surface area (Å²) in [6, 6.07) is 13.4. The highest BCUT2D eigenvalue weighted by Crippen LogP contribution is 2.26. The van der Waals surface area contributed by atoms with Gasteiger partial charge in [0.15, 0.2) is 0 Å². The van der Waals surface area contributed by atoms with Crippen LogP contribution in [0.25, 0.3) is 16.5 Å². The number of benzene rings is 3. The predicted molar refractivity (Wildman–Crippen MR) is 128 cm³/mol. The van der Waals surface area contributed by atoms with Crippen LogP contribution in [0.1, 0.15) is 15.9 Å². The standard InChI is InChI=1S/C26H21F2N3O5/c1-30-22(32)12-13-31(26(30)35)21-11-4-7-16-15(6-3-8-17(16)21)14-20(25(34)36-2)29-24(33)23-18(27)9-5-10-19(23)28/h3-13,20H,14H2,1-2H3,(H,29,33)/t20-/m0/s1. The van der Waals surface area contributed by atoms with Gasteiger partial charge >= 0.3 is 11.7 Å². The SMILES string of the molecule is COC(=O)[C@H](Cc1cccc2c(-n3ccc(=O)n(C)c3=O)cccc12)NC(=O)c1c(F)cccc1F. The smallest absolute Gasteiger partial charge is 0.335 e. The highest BCUT2D eigenvalue weighted by atomic mass is 19.1. The first-order chi connectivity index (χ1) is 17.2. The van der Waals surface area contributed by atoms with Gasteiger partial charge in [0, 0.05) is 31.1 Å². The third kappa shape index (κ3) is 4.52. The summed E-state index contributed by atoms with van der Waals surface area (Å²) in [5.74, 6) is -4.02. The highest BCUT2D eigenvalue weighted by Gasteiger charge is 2.26. The zero-order valence-corrected chi connectivity index (χ0v) is 19.3. The predicted octanol–water partition coefficient (Wildman–Crippen LogP) is 2.48. The lowest BCUT2D eigenvalue weighted by Crippen LogP contribution is -2.43. The molecule has 1 amide bonds. The van der Waals surface area contributed by atoms with Crippen molar-refractivity contribution in [3.8, 4) is 5.69 Å². The molecule has 1 heterocycles. The zero-order chi connectivity index (χ0) is 26.0. The molecule has 10 heteroatoms. The van der Waals surface area contributed by atoms with Crippen LogP contribution in [0.3, 0.4) is 0 Å². The lowest BCUT2D eigenvalue weighted by molar-refractivity contribution is -0.142. The summed E-state index contributed by atoms with van der Waals surface area (Å²) in [5, 5.41) is 3.67. The summed E-state index contributed by atoms with van der Waals surface area (Å²) in [5.41, 5.74) is -0.674. The van der Waals surface area contributed by atoms with Crippen molar-refractivity contribution >= 4 is 22.6 Å². The maximum Gasteiger partial charge on any atom is 0.335 e. The Balaban J connectivity index is 1.75. The van der Waals surface area contributed by atoms with Crippen LogP contribution in [0, 0.1) is 11.6 Å². The number of ether oxygens (including phenoxy) is 1. The van der Waals surface area contributed by atoms with Gasteiger partial charge in [0.2, 0.25) is 0 Å². The molecule has 0 aliphatic rings. The van der Waals surface area contributed by atoms with E-state index in [1.165, 1.54) is 23.9 Å². The number of halogens is 2. The number of nitrogens with zero attached hydrogens (tertiary/aromatic N) is 2. The Morgan fingerprint density at radius 2 is 1.58 bits per heavy atom.